The predicted octanol–water partition coefficient (Wildman–Crippen LogP) is 5.21. The van der Waals surface area contributed by atoms with Crippen molar-refractivity contribution in [1.29, 1.82) is 0 Å². The number of hydrogen-bond donors (Lipinski definition) is 0. The fraction of sp³-hybridized carbons (Fsp3) is 0.143. The summed E-state index contributed by atoms with van der Waals surface area (Å²) < 4.78 is 281. The van der Waals surface area contributed by atoms with E-state index in [4.69, 9.17) is 0 Å². The molecule has 0 saturated heterocycles. The second-order valence-electron chi connectivity index (χ2n) is 8.32. The Hall–Kier alpha value is -3.54. The van der Waals surface area contributed by atoms with Crippen molar-refractivity contribution in [2.75, 3.05) is 5.75 Å². The number of rotatable bonds is 8. The lowest BCUT2D eigenvalue weighted by Gasteiger charge is -2.21. The number of hydrogen-bond acceptors (Lipinski definition) is 6. The standard InChI is InChI=1S/C21H5F15O6S3/c22-4-7(25)13(31)19(14(32)8(4)26)43(37,38)2-1-3(44(39,40)20-15(33)9(27)5(23)10(28)16(20)34)45(41,42)21-17(35)11(29)6(24)12(30)18(21)36/h3H,1-2H2. The highest BCUT2D eigenvalue weighted by atomic mass is 32.3. The van der Waals surface area contributed by atoms with Crippen LogP contribution in [0, 0.1) is 87.3 Å². The molecule has 0 spiro atoms. The Morgan fingerprint density at radius 1 is 0.333 bits per heavy atom. The normalized spacial score (nSPS) is 12.8. The lowest BCUT2D eigenvalue weighted by Crippen LogP contribution is -2.36. The highest BCUT2D eigenvalue weighted by Gasteiger charge is 2.49. The Labute approximate surface area is 239 Å². The highest BCUT2D eigenvalue weighted by Crippen LogP contribution is 2.38. The first-order valence-corrected chi connectivity index (χ1v) is 15.4. The molecule has 0 heterocycles. The van der Waals surface area contributed by atoms with Crippen molar-refractivity contribution in [1.82, 2.24) is 0 Å². The first-order chi connectivity index (χ1) is 20.4. The molecule has 24 heteroatoms. The van der Waals surface area contributed by atoms with Crippen LogP contribution in [0.15, 0.2) is 14.7 Å². The Morgan fingerprint density at radius 2 is 0.533 bits per heavy atom. The van der Waals surface area contributed by atoms with Crippen molar-refractivity contribution in [2.24, 2.45) is 0 Å². The van der Waals surface area contributed by atoms with Gasteiger partial charge in [0.05, 0.1) is 5.75 Å². The molecular formula is C21H5F15O6S3. The molecule has 0 unspecified atom stereocenters. The number of benzene rings is 3. The summed E-state index contributed by atoms with van der Waals surface area (Å²) in [5.41, 5.74) is 0. The third-order valence-electron chi connectivity index (χ3n) is 5.70. The monoisotopic (exact) mass is 734 g/mol. The van der Waals surface area contributed by atoms with Crippen LogP contribution < -0.4 is 0 Å². The Morgan fingerprint density at radius 3 is 0.778 bits per heavy atom. The summed E-state index contributed by atoms with van der Waals surface area (Å²) >= 11 is 0. The van der Waals surface area contributed by atoms with Gasteiger partial charge in [-0.05, 0) is 6.42 Å². The molecule has 0 fully saturated rings. The molecule has 45 heavy (non-hydrogen) atoms. The third-order valence-corrected chi connectivity index (χ3v) is 12.7. The third kappa shape index (κ3) is 5.48. The minimum atomic E-state index is -7.06. The van der Waals surface area contributed by atoms with Crippen LogP contribution in [-0.4, -0.2) is 35.6 Å². The molecule has 0 saturated carbocycles. The van der Waals surface area contributed by atoms with Crippen LogP contribution in [0.4, 0.5) is 65.9 Å². The second-order valence-corrected chi connectivity index (χ2v) is 14.8. The summed E-state index contributed by atoms with van der Waals surface area (Å²) in [5, 5.41) is 0. The summed E-state index contributed by atoms with van der Waals surface area (Å²) in [5.74, 6) is -50.1. The fourth-order valence-electron chi connectivity index (χ4n) is 3.62. The molecule has 0 N–H and O–H groups in total. The van der Waals surface area contributed by atoms with Gasteiger partial charge in [0, 0.05) is 0 Å². The molecule has 0 aliphatic rings. The quantitative estimate of drug-likeness (QED) is 0.136. The zero-order valence-electron chi connectivity index (χ0n) is 20.3. The van der Waals surface area contributed by atoms with Crippen molar-refractivity contribution < 1.29 is 91.1 Å². The van der Waals surface area contributed by atoms with Gasteiger partial charge in [0.2, 0.25) is 37.1 Å². The van der Waals surface area contributed by atoms with E-state index >= 15 is 0 Å². The minimum Gasteiger partial charge on any atom is -0.223 e. The first kappa shape index (κ1) is 35.9. The highest BCUT2D eigenvalue weighted by molar-refractivity contribution is 8.09. The van der Waals surface area contributed by atoms with Crippen LogP contribution in [-0.2, 0) is 29.5 Å². The lowest BCUT2D eigenvalue weighted by molar-refractivity contribution is 0.356. The van der Waals surface area contributed by atoms with Gasteiger partial charge in [0.1, 0.15) is 14.7 Å². The van der Waals surface area contributed by atoms with Gasteiger partial charge in [-0.3, -0.25) is 0 Å². The molecule has 3 rings (SSSR count). The van der Waals surface area contributed by atoms with E-state index in [1.165, 1.54) is 0 Å². The maximum atomic E-state index is 14.4. The van der Waals surface area contributed by atoms with Gasteiger partial charge in [-0.15, -0.1) is 0 Å². The zero-order chi connectivity index (χ0) is 34.9. The summed E-state index contributed by atoms with van der Waals surface area (Å²) in [4.78, 5) is -9.16. The molecule has 248 valence electrons. The summed E-state index contributed by atoms with van der Waals surface area (Å²) in [6.45, 7) is 0. The van der Waals surface area contributed by atoms with E-state index < -0.39 is 148 Å². The molecule has 3 aromatic carbocycles. The molecule has 0 atom stereocenters. The molecule has 6 nitrogen and oxygen atoms in total. The molecule has 0 aliphatic carbocycles. The van der Waals surface area contributed by atoms with Crippen molar-refractivity contribution in [3.8, 4) is 0 Å². The van der Waals surface area contributed by atoms with Gasteiger partial charge in [0.25, 0.3) is 0 Å². The first-order valence-electron chi connectivity index (χ1n) is 10.6. The summed E-state index contributed by atoms with van der Waals surface area (Å²) in [6, 6.07) is 0. The van der Waals surface area contributed by atoms with Crippen LogP contribution in [0.5, 0.6) is 0 Å². The van der Waals surface area contributed by atoms with Crippen LogP contribution in [0.2, 0.25) is 0 Å². The van der Waals surface area contributed by atoms with Crippen LogP contribution >= 0.6 is 0 Å². The van der Waals surface area contributed by atoms with Crippen LogP contribution in [0.3, 0.4) is 0 Å². The van der Waals surface area contributed by atoms with Gasteiger partial charge in [-0.25, -0.2) is 91.1 Å². The minimum absolute atomic E-state index is 2.58. The van der Waals surface area contributed by atoms with Crippen molar-refractivity contribution in [2.45, 2.75) is 25.7 Å². The average molecular weight is 734 g/mol. The second kappa shape index (κ2) is 11.7. The van der Waals surface area contributed by atoms with Crippen molar-refractivity contribution >= 4 is 29.5 Å². The van der Waals surface area contributed by atoms with E-state index in [-0.39, 0.29) is 0 Å². The Kier molecular flexibility index (Phi) is 9.32. The number of halogens is 15. The molecular weight excluding hydrogens is 729 g/mol. The predicted molar refractivity (Wildman–Crippen MR) is 114 cm³/mol. The maximum Gasteiger partial charge on any atom is 0.202 e. The van der Waals surface area contributed by atoms with E-state index in [9.17, 15) is 91.1 Å². The Balaban J connectivity index is 2.41. The SMILES string of the molecule is O=S(=O)(CCC(S(=O)(=O)c1c(F)c(F)c(F)c(F)c1F)S(=O)(=O)c1c(F)c(F)c(F)c(F)c1F)c1c(F)c(F)c(F)c(F)c1F. The van der Waals surface area contributed by atoms with Crippen LogP contribution in [0.1, 0.15) is 6.42 Å². The molecule has 3 aromatic rings. The van der Waals surface area contributed by atoms with E-state index in [1.807, 2.05) is 0 Å². The molecule has 0 aliphatic heterocycles. The average Bonchev–Trinajstić information content (AvgIpc) is 2.94. The largest absolute Gasteiger partial charge is 0.223 e. The van der Waals surface area contributed by atoms with Gasteiger partial charge in [-0.2, -0.15) is 0 Å². The van der Waals surface area contributed by atoms with Gasteiger partial charge in [0.15, 0.2) is 84.2 Å². The number of sulfone groups is 3. The summed E-state index contributed by atoms with van der Waals surface area (Å²) in [6.07, 6.45) is -2.62. The van der Waals surface area contributed by atoms with E-state index in [0.717, 1.165) is 0 Å². The Bertz CT molecular complexity index is 1930. The lowest BCUT2D eigenvalue weighted by atomic mass is 10.3. The van der Waals surface area contributed by atoms with Crippen molar-refractivity contribution in [3.63, 3.8) is 0 Å². The van der Waals surface area contributed by atoms with Crippen LogP contribution in [0.25, 0.3) is 0 Å². The fourth-order valence-corrected chi connectivity index (χ4v) is 10.0. The smallest absolute Gasteiger partial charge is 0.202 e. The van der Waals surface area contributed by atoms with E-state index in [2.05, 4.69) is 0 Å². The molecule has 0 radical (unpaired) electrons. The molecule has 0 bridgehead atoms. The van der Waals surface area contributed by atoms with Gasteiger partial charge < -0.3 is 0 Å². The van der Waals surface area contributed by atoms with Gasteiger partial charge in [-0.1, -0.05) is 0 Å². The van der Waals surface area contributed by atoms with Crippen molar-refractivity contribution in [3.05, 3.63) is 87.3 Å². The topological polar surface area (TPSA) is 102 Å². The summed E-state index contributed by atoms with van der Waals surface area (Å²) in [7, 11) is -20.4. The van der Waals surface area contributed by atoms with E-state index in [1.54, 1.807) is 0 Å². The molecule has 0 aromatic heterocycles. The maximum absolute atomic E-state index is 14.4. The van der Waals surface area contributed by atoms with E-state index in [0.29, 0.717) is 0 Å². The van der Waals surface area contributed by atoms with Gasteiger partial charge >= 0.3 is 0 Å². The zero-order valence-corrected chi connectivity index (χ0v) is 22.8. The molecule has 0 amide bonds.